The van der Waals surface area contributed by atoms with Crippen molar-refractivity contribution in [2.75, 3.05) is 20.7 Å². The summed E-state index contributed by atoms with van der Waals surface area (Å²) in [6.07, 6.45) is 0. The van der Waals surface area contributed by atoms with Crippen molar-refractivity contribution in [2.24, 2.45) is 0 Å². The second-order valence-electron chi connectivity index (χ2n) is 2.49. The van der Waals surface area contributed by atoms with Crippen LogP contribution in [0.5, 0.6) is 0 Å². The Morgan fingerprint density at radius 1 is 1.38 bits per heavy atom. The SMILES string of the molecule is CCOC(=O)C(Cl)(Cl)C(=O)N(C)C. The minimum absolute atomic E-state index is 0.126. The zero-order chi connectivity index (χ0) is 10.6. The summed E-state index contributed by atoms with van der Waals surface area (Å²) in [5.74, 6) is -1.66. The van der Waals surface area contributed by atoms with Crippen LogP contribution >= 0.6 is 23.2 Å². The van der Waals surface area contributed by atoms with E-state index in [0.717, 1.165) is 4.90 Å². The van der Waals surface area contributed by atoms with Gasteiger partial charge in [-0.05, 0) is 6.92 Å². The molecule has 1 amide bonds. The minimum atomic E-state index is -2.14. The molecular formula is C7H11Cl2NO3. The highest BCUT2D eigenvalue weighted by atomic mass is 35.5. The van der Waals surface area contributed by atoms with Gasteiger partial charge in [-0.2, -0.15) is 0 Å². The van der Waals surface area contributed by atoms with Gasteiger partial charge in [0, 0.05) is 14.1 Å². The number of amides is 1. The van der Waals surface area contributed by atoms with Gasteiger partial charge in [0.25, 0.3) is 10.2 Å². The summed E-state index contributed by atoms with van der Waals surface area (Å²) in [6.45, 7) is 1.72. The van der Waals surface area contributed by atoms with Crippen LogP contribution in [0.15, 0.2) is 0 Å². The topological polar surface area (TPSA) is 46.6 Å². The molecule has 0 saturated heterocycles. The van der Waals surface area contributed by atoms with Crippen LogP contribution < -0.4 is 0 Å². The fourth-order valence-electron chi connectivity index (χ4n) is 0.590. The Morgan fingerprint density at radius 2 is 1.85 bits per heavy atom. The largest absolute Gasteiger partial charge is 0.463 e. The second kappa shape index (κ2) is 4.67. The van der Waals surface area contributed by atoms with Crippen LogP contribution in [0.1, 0.15) is 6.92 Å². The third-order valence-electron chi connectivity index (χ3n) is 1.21. The van der Waals surface area contributed by atoms with E-state index in [2.05, 4.69) is 4.74 Å². The standard InChI is InChI=1S/C7H11Cl2NO3/c1-4-13-6(12)7(8,9)5(11)10(2)3/h4H2,1-3H3. The number of hydrogen-bond donors (Lipinski definition) is 0. The van der Waals surface area contributed by atoms with Gasteiger partial charge in [-0.1, -0.05) is 23.2 Å². The Hall–Kier alpha value is -0.480. The molecule has 0 aromatic carbocycles. The Bertz CT molecular complexity index is 216. The Labute approximate surface area is 86.7 Å². The summed E-state index contributed by atoms with van der Waals surface area (Å²) in [4.78, 5) is 23.4. The first-order chi connectivity index (χ1) is 5.84. The number of carbonyl (C=O) groups excluding carboxylic acids is 2. The maximum Gasteiger partial charge on any atom is 0.352 e. The van der Waals surface area contributed by atoms with E-state index >= 15 is 0 Å². The molecule has 0 heterocycles. The van der Waals surface area contributed by atoms with Gasteiger partial charge >= 0.3 is 5.97 Å². The lowest BCUT2D eigenvalue weighted by Gasteiger charge is -2.20. The summed E-state index contributed by atoms with van der Waals surface area (Å²) < 4.78 is 2.39. The van der Waals surface area contributed by atoms with E-state index in [1.54, 1.807) is 6.92 Å². The third kappa shape index (κ3) is 3.04. The highest BCUT2D eigenvalue weighted by molar-refractivity contribution is 6.67. The molecule has 0 aliphatic carbocycles. The van der Waals surface area contributed by atoms with Gasteiger partial charge in [0.2, 0.25) is 0 Å². The third-order valence-corrected chi connectivity index (χ3v) is 1.84. The maximum absolute atomic E-state index is 11.2. The molecule has 0 saturated carbocycles. The van der Waals surface area contributed by atoms with Crippen LogP contribution in [0.2, 0.25) is 0 Å². The van der Waals surface area contributed by atoms with Crippen LogP contribution in [-0.4, -0.2) is 41.8 Å². The highest BCUT2D eigenvalue weighted by Crippen LogP contribution is 2.24. The molecular weight excluding hydrogens is 217 g/mol. The van der Waals surface area contributed by atoms with Crippen molar-refractivity contribution >= 4 is 35.1 Å². The van der Waals surface area contributed by atoms with E-state index in [1.165, 1.54) is 14.1 Å². The quantitative estimate of drug-likeness (QED) is 0.408. The molecule has 0 aliphatic rings. The molecule has 0 atom stereocenters. The number of ether oxygens (including phenoxy) is 1. The van der Waals surface area contributed by atoms with Crippen LogP contribution in [0.4, 0.5) is 0 Å². The molecule has 13 heavy (non-hydrogen) atoms. The van der Waals surface area contributed by atoms with Crippen molar-refractivity contribution in [1.82, 2.24) is 4.90 Å². The molecule has 0 spiro atoms. The minimum Gasteiger partial charge on any atom is -0.463 e. The molecule has 6 heteroatoms. The predicted octanol–water partition coefficient (Wildman–Crippen LogP) is 0.812. The number of esters is 1. The average molecular weight is 228 g/mol. The molecule has 0 bridgehead atoms. The van der Waals surface area contributed by atoms with Gasteiger partial charge in [0.15, 0.2) is 0 Å². The molecule has 76 valence electrons. The van der Waals surface area contributed by atoms with Crippen molar-refractivity contribution in [2.45, 2.75) is 11.3 Å². The molecule has 0 aromatic heterocycles. The molecule has 4 nitrogen and oxygen atoms in total. The van der Waals surface area contributed by atoms with E-state index in [9.17, 15) is 9.59 Å². The number of nitrogens with zero attached hydrogens (tertiary/aromatic N) is 1. The fraction of sp³-hybridized carbons (Fsp3) is 0.714. The van der Waals surface area contributed by atoms with Crippen LogP contribution in [0.25, 0.3) is 0 Å². The number of carbonyl (C=O) groups is 2. The smallest absolute Gasteiger partial charge is 0.352 e. The van der Waals surface area contributed by atoms with Crippen molar-refractivity contribution < 1.29 is 14.3 Å². The zero-order valence-electron chi connectivity index (χ0n) is 7.63. The summed E-state index contributed by atoms with van der Waals surface area (Å²) in [6, 6.07) is 0. The van der Waals surface area contributed by atoms with Crippen LogP contribution in [0.3, 0.4) is 0 Å². The van der Waals surface area contributed by atoms with E-state index in [4.69, 9.17) is 23.2 Å². The Kier molecular flexibility index (Phi) is 4.50. The lowest BCUT2D eigenvalue weighted by Crippen LogP contribution is -2.44. The van der Waals surface area contributed by atoms with E-state index < -0.39 is 16.2 Å². The van der Waals surface area contributed by atoms with Crippen LogP contribution in [-0.2, 0) is 14.3 Å². The number of hydrogen-bond acceptors (Lipinski definition) is 3. The van der Waals surface area contributed by atoms with Gasteiger partial charge in [-0.15, -0.1) is 0 Å². The highest BCUT2D eigenvalue weighted by Gasteiger charge is 2.44. The molecule has 0 aliphatic heterocycles. The van der Waals surface area contributed by atoms with Crippen molar-refractivity contribution in [3.05, 3.63) is 0 Å². The molecule has 0 rings (SSSR count). The van der Waals surface area contributed by atoms with Gasteiger partial charge in [-0.3, -0.25) is 4.79 Å². The lowest BCUT2D eigenvalue weighted by atomic mass is 10.3. The lowest BCUT2D eigenvalue weighted by molar-refractivity contribution is -0.149. The molecule has 0 radical (unpaired) electrons. The number of halogens is 2. The maximum atomic E-state index is 11.2. The number of alkyl halides is 2. The second-order valence-corrected chi connectivity index (χ2v) is 3.82. The van der Waals surface area contributed by atoms with Crippen molar-refractivity contribution in [1.29, 1.82) is 0 Å². The molecule has 0 aromatic rings. The van der Waals surface area contributed by atoms with E-state index in [1.807, 2.05) is 0 Å². The van der Waals surface area contributed by atoms with E-state index in [0.29, 0.717) is 0 Å². The monoisotopic (exact) mass is 227 g/mol. The van der Waals surface area contributed by atoms with Gasteiger partial charge in [0.05, 0.1) is 6.61 Å². The molecule has 0 N–H and O–H groups in total. The van der Waals surface area contributed by atoms with Gasteiger partial charge in [0.1, 0.15) is 0 Å². The van der Waals surface area contributed by atoms with Crippen molar-refractivity contribution in [3.8, 4) is 0 Å². The molecule has 0 unspecified atom stereocenters. The normalized spacial score (nSPS) is 10.8. The van der Waals surface area contributed by atoms with E-state index in [-0.39, 0.29) is 6.61 Å². The Balaban J connectivity index is 4.55. The van der Waals surface area contributed by atoms with Crippen LogP contribution in [0, 0.1) is 0 Å². The van der Waals surface area contributed by atoms with Gasteiger partial charge < -0.3 is 9.64 Å². The zero-order valence-corrected chi connectivity index (χ0v) is 9.15. The Morgan fingerprint density at radius 3 is 2.15 bits per heavy atom. The predicted molar refractivity (Wildman–Crippen MR) is 49.8 cm³/mol. The first kappa shape index (κ1) is 12.5. The molecule has 0 fully saturated rings. The number of rotatable bonds is 3. The first-order valence-electron chi connectivity index (χ1n) is 3.60. The summed E-state index contributed by atoms with van der Waals surface area (Å²) in [5, 5.41) is 0. The van der Waals surface area contributed by atoms with Gasteiger partial charge in [-0.25, -0.2) is 4.79 Å². The summed E-state index contributed by atoms with van der Waals surface area (Å²) in [5.41, 5.74) is 0. The average Bonchev–Trinajstić information content (AvgIpc) is 2.03. The summed E-state index contributed by atoms with van der Waals surface area (Å²) >= 11 is 11.0. The first-order valence-corrected chi connectivity index (χ1v) is 4.36. The van der Waals surface area contributed by atoms with Crippen molar-refractivity contribution in [3.63, 3.8) is 0 Å². The summed E-state index contributed by atoms with van der Waals surface area (Å²) in [7, 11) is 2.89. The fourth-order valence-corrected chi connectivity index (χ4v) is 1.04.